The fourth-order valence-corrected chi connectivity index (χ4v) is 11.8. The maximum atomic E-state index is 12.7. The van der Waals surface area contributed by atoms with E-state index in [1.54, 1.807) is 18.6 Å². The van der Waals surface area contributed by atoms with Gasteiger partial charge >= 0.3 is 6.18 Å². The standard InChI is InChI=1S/C22H27N3O.C20H19ClF3N3O.C20H23N3O/c1-15-5-8-20-18(11-15)19-13-24(4)10-9-21(19)25(20)14-22(3,26)17-7-6-16(2)23-12-17;1-26-7-6-17-15(10-26)14-8-13(21)3-4-16(14)27(17)11-18(28)12-2-5-19(25-9-12)20(22,23)24;1-14-5-6-18-16(10-14)17-12-22(2)9-7-19(17)23(18)13-20(24)15-4-3-8-21-11-15/h5-8,11-12,26H,9-10,13-14H2,1-4H3;2-5,8-9,18,28H,6-7,10-11H2,1H3;3-6,8,10-11,20,24H,7,9,12-13H2,1-2H3. The molecule has 12 nitrogen and oxygen atoms in total. The number of rotatable bonds is 9. The van der Waals surface area contributed by atoms with Gasteiger partial charge in [-0.05, 0) is 126 Å². The van der Waals surface area contributed by atoms with E-state index in [0.29, 0.717) is 23.7 Å². The highest BCUT2D eigenvalue weighted by molar-refractivity contribution is 6.31. The third-order valence-corrected chi connectivity index (χ3v) is 16.1. The summed E-state index contributed by atoms with van der Waals surface area (Å²) in [6, 6.07) is 28.9. The molecular formula is C62H69ClF3N9O3. The van der Waals surface area contributed by atoms with Crippen molar-refractivity contribution in [1.29, 1.82) is 0 Å². The first-order valence-corrected chi connectivity index (χ1v) is 27.1. The highest BCUT2D eigenvalue weighted by atomic mass is 35.5. The summed E-state index contributed by atoms with van der Waals surface area (Å²) in [6.07, 6.45) is 3.25. The Balaban J connectivity index is 0.000000133. The monoisotopic (exact) mass is 1080 g/mol. The molecular weight excluding hydrogens is 1010 g/mol. The van der Waals surface area contributed by atoms with E-state index in [1.165, 1.54) is 67.1 Å². The highest BCUT2D eigenvalue weighted by Crippen LogP contribution is 2.37. The van der Waals surface area contributed by atoms with Crippen LogP contribution in [0.2, 0.25) is 5.02 Å². The molecule has 0 spiro atoms. The van der Waals surface area contributed by atoms with Gasteiger partial charge in [-0.2, -0.15) is 13.2 Å². The zero-order valence-electron chi connectivity index (χ0n) is 45.5. The number of alkyl halides is 3. The van der Waals surface area contributed by atoms with Gasteiger partial charge in [0.05, 0.1) is 31.8 Å². The molecule has 3 aliphatic heterocycles. The Morgan fingerprint density at radius 3 is 1.56 bits per heavy atom. The molecule has 16 heteroatoms. The summed E-state index contributed by atoms with van der Waals surface area (Å²) in [5.74, 6) is 0. The molecule has 3 N–H and O–H groups in total. The van der Waals surface area contributed by atoms with Crippen LogP contribution in [0.4, 0.5) is 13.2 Å². The molecule has 78 heavy (non-hydrogen) atoms. The van der Waals surface area contributed by atoms with Crippen molar-refractivity contribution in [3.8, 4) is 0 Å². The number of benzene rings is 3. The van der Waals surface area contributed by atoms with E-state index in [4.69, 9.17) is 11.6 Å². The summed E-state index contributed by atoms with van der Waals surface area (Å²) in [4.78, 5) is 18.9. The van der Waals surface area contributed by atoms with E-state index in [1.807, 2.05) is 56.3 Å². The van der Waals surface area contributed by atoms with Gasteiger partial charge in [0.2, 0.25) is 0 Å². The molecule has 0 saturated carbocycles. The van der Waals surface area contributed by atoms with Gasteiger partial charge in [-0.3, -0.25) is 15.0 Å². The molecule has 3 aromatic carbocycles. The number of hydrogen-bond donors (Lipinski definition) is 3. The van der Waals surface area contributed by atoms with Gasteiger partial charge in [-0.25, -0.2) is 0 Å². The quantitative estimate of drug-likeness (QED) is 0.130. The Labute approximate surface area is 459 Å². The van der Waals surface area contributed by atoms with Crippen molar-refractivity contribution in [3.63, 3.8) is 0 Å². The Morgan fingerprint density at radius 1 is 0.590 bits per heavy atom. The van der Waals surface area contributed by atoms with Crippen molar-refractivity contribution in [3.05, 3.63) is 194 Å². The van der Waals surface area contributed by atoms with Gasteiger partial charge in [0.1, 0.15) is 11.3 Å². The molecule has 3 atom stereocenters. The Bertz CT molecular complexity index is 3590. The minimum Gasteiger partial charge on any atom is -0.386 e. The number of fused-ring (bicyclic) bond motifs is 9. The minimum absolute atomic E-state index is 0.240. The number of pyridine rings is 3. The van der Waals surface area contributed by atoms with E-state index < -0.39 is 29.7 Å². The van der Waals surface area contributed by atoms with Crippen LogP contribution in [0.5, 0.6) is 0 Å². The molecule has 0 bridgehead atoms. The summed E-state index contributed by atoms with van der Waals surface area (Å²) in [5, 5.41) is 37.0. The number of aliphatic hydroxyl groups excluding tert-OH is 2. The molecule has 0 radical (unpaired) electrons. The Morgan fingerprint density at radius 2 is 1.09 bits per heavy atom. The summed E-state index contributed by atoms with van der Waals surface area (Å²) >= 11 is 6.19. The van der Waals surface area contributed by atoms with Crippen LogP contribution in [0.15, 0.2) is 116 Å². The van der Waals surface area contributed by atoms with Crippen molar-refractivity contribution < 1.29 is 28.5 Å². The molecule has 0 saturated heterocycles. The topological polar surface area (TPSA) is 124 Å². The summed E-state index contributed by atoms with van der Waals surface area (Å²) in [7, 11) is 6.40. The van der Waals surface area contributed by atoms with E-state index in [0.717, 1.165) is 104 Å². The number of halogens is 4. The van der Waals surface area contributed by atoms with Crippen LogP contribution in [-0.4, -0.2) is 99.4 Å². The van der Waals surface area contributed by atoms with E-state index in [9.17, 15) is 28.5 Å². The second-order valence-electron chi connectivity index (χ2n) is 22.0. The predicted octanol–water partition coefficient (Wildman–Crippen LogP) is 11.0. The van der Waals surface area contributed by atoms with Crippen molar-refractivity contribution in [2.45, 2.75) is 110 Å². The fourth-order valence-electron chi connectivity index (χ4n) is 11.6. The predicted molar refractivity (Wildman–Crippen MR) is 302 cm³/mol. The first-order valence-electron chi connectivity index (χ1n) is 26.7. The van der Waals surface area contributed by atoms with Crippen molar-refractivity contribution >= 4 is 44.3 Å². The molecule has 0 fully saturated rings. The molecule has 3 unspecified atom stereocenters. The van der Waals surface area contributed by atoms with Crippen LogP contribution >= 0.6 is 11.6 Å². The summed E-state index contributed by atoms with van der Waals surface area (Å²) in [6.45, 7) is 15.2. The average molecular weight is 1080 g/mol. The van der Waals surface area contributed by atoms with Crippen LogP contribution in [0, 0.1) is 20.8 Å². The number of aromatic nitrogens is 6. The van der Waals surface area contributed by atoms with E-state index in [2.05, 4.69) is 115 Å². The van der Waals surface area contributed by atoms with E-state index in [-0.39, 0.29) is 6.54 Å². The molecule has 0 aliphatic carbocycles. The first kappa shape index (κ1) is 54.9. The molecule has 9 aromatic rings. The first-order chi connectivity index (χ1) is 37.2. The van der Waals surface area contributed by atoms with Crippen LogP contribution in [0.25, 0.3) is 32.7 Å². The molecule has 0 amide bonds. The zero-order valence-corrected chi connectivity index (χ0v) is 46.2. The van der Waals surface area contributed by atoms with E-state index >= 15 is 0 Å². The number of hydrogen-bond acceptors (Lipinski definition) is 9. The summed E-state index contributed by atoms with van der Waals surface area (Å²) in [5.41, 5.74) is 15.0. The van der Waals surface area contributed by atoms with Crippen molar-refractivity contribution in [1.82, 2.24) is 43.4 Å². The maximum absolute atomic E-state index is 12.7. The third-order valence-electron chi connectivity index (χ3n) is 15.8. The molecule has 9 heterocycles. The highest BCUT2D eigenvalue weighted by Gasteiger charge is 2.33. The third kappa shape index (κ3) is 11.5. The van der Waals surface area contributed by atoms with Gasteiger partial charge < -0.3 is 43.7 Å². The van der Waals surface area contributed by atoms with Crippen LogP contribution < -0.4 is 0 Å². The SMILES string of the molecule is CN1CCc2c(c3cc(Cl)ccc3n2CC(O)c2ccc(C(F)(F)F)nc2)C1.Cc1ccc2c(c1)c1c(n2CC(C)(O)c2ccc(C)nc2)CCN(C)C1.Cc1ccc2c(c1)c1c(n2CC(O)c2cccnc2)CCN(C)C1. The van der Waals surface area contributed by atoms with Crippen LogP contribution in [-0.2, 0) is 70.3 Å². The van der Waals surface area contributed by atoms with Crippen LogP contribution in [0.3, 0.4) is 0 Å². The average Bonchev–Trinajstić information content (AvgIpc) is 4.17. The fraction of sp³-hybridized carbons (Fsp3) is 0.371. The number of aliphatic hydroxyl groups is 3. The molecule has 3 aliphatic rings. The van der Waals surface area contributed by atoms with Gasteiger partial charge in [0, 0.05) is 161 Å². The zero-order chi connectivity index (χ0) is 55.2. The van der Waals surface area contributed by atoms with Crippen molar-refractivity contribution in [2.24, 2.45) is 0 Å². The second kappa shape index (κ2) is 22.4. The number of aryl methyl sites for hydroxylation is 3. The lowest BCUT2D eigenvalue weighted by atomic mass is 9.97. The lowest BCUT2D eigenvalue weighted by Crippen LogP contribution is -2.31. The maximum Gasteiger partial charge on any atom is 0.433 e. The smallest absolute Gasteiger partial charge is 0.386 e. The number of likely N-dealkylation sites (N-methyl/N-ethyl adjacent to an activating group) is 3. The second-order valence-corrected chi connectivity index (χ2v) is 22.4. The van der Waals surface area contributed by atoms with Crippen molar-refractivity contribution in [2.75, 3.05) is 40.8 Å². The van der Waals surface area contributed by atoms with Gasteiger partial charge in [-0.1, -0.05) is 53.1 Å². The summed E-state index contributed by atoms with van der Waals surface area (Å²) < 4.78 is 44.8. The lowest BCUT2D eigenvalue weighted by Gasteiger charge is -2.28. The largest absolute Gasteiger partial charge is 0.433 e. The molecule has 6 aromatic heterocycles. The lowest BCUT2D eigenvalue weighted by molar-refractivity contribution is -0.141. The number of nitrogens with zero attached hydrogens (tertiary/aromatic N) is 9. The van der Waals surface area contributed by atoms with Gasteiger partial charge in [0.15, 0.2) is 0 Å². The molecule has 12 rings (SSSR count). The molecule has 408 valence electrons. The minimum atomic E-state index is -4.50. The van der Waals surface area contributed by atoms with Gasteiger partial charge in [-0.15, -0.1) is 0 Å². The van der Waals surface area contributed by atoms with Crippen LogP contribution in [0.1, 0.15) is 92.1 Å². The van der Waals surface area contributed by atoms with Gasteiger partial charge in [0.25, 0.3) is 0 Å². The Hall–Kier alpha value is -6.43. The Kier molecular flexibility index (Phi) is 15.7. The normalized spacial score (nSPS) is 16.6.